The van der Waals surface area contributed by atoms with E-state index in [0.717, 1.165) is 17.8 Å². The smallest absolute Gasteiger partial charge is 0.225 e. The van der Waals surface area contributed by atoms with E-state index in [0.29, 0.717) is 18.0 Å². The topological polar surface area (TPSA) is 41.1 Å². The summed E-state index contributed by atoms with van der Waals surface area (Å²) in [5, 5.41) is 6.83. The lowest BCUT2D eigenvalue weighted by molar-refractivity contribution is -0.116. The van der Waals surface area contributed by atoms with Gasteiger partial charge in [0, 0.05) is 30.2 Å². The van der Waals surface area contributed by atoms with Gasteiger partial charge < -0.3 is 10.6 Å². The Kier molecular flexibility index (Phi) is 5.78. The predicted molar refractivity (Wildman–Crippen MR) is 87.6 cm³/mol. The second kappa shape index (κ2) is 7.81. The molecule has 0 spiro atoms. The third-order valence-corrected chi connectivity index (χ3v) is 3.40. The fraction of sp³-hybridized carbons (Fsp3) is 0.235. The van der Waals surface area contributed by atoms with Gasteiger partial charge in [-0.3, -0.25) is 4.79 Å². The largest absolute Gasteiger partial charge is 0.326 e. The van der Waals surface area contributed by atoms with Crippen LogP contribution in [-0.2, 0) is 11.3 Å². The zero-order valence-electron chi connectivity index (χ0n) is 12.0. The van der Waals surface area contributed by atoms with Crippen molar-refractivity contribution in [3.8, 4) is 0 Å². The van der Waals surface area contributed by atoms with Crippen LogP contribution in [0.3, 0.4) is 0 Å². The molecular weight excluding hydrogens is 284 g/mol. The van der Waals surface area contributed by atoms with E-state index in [4.69, 9.17) is 11.6 Å². The highest BCUT2D eigenvalue weighted by atomic mass is 35.5. The summed E-state index contributed by atoms with van der Waals surface area (Å²) in [4.78, 5) is 11.9. The summed E-state index contributed by atoms with van der Waals surface area (Å²) in [6.45, 7) is 3.34. The summed E-state index contributed by atoms with van der Waals surface area (Å²) in [5.74, 6) is 0.000911. The van der Waals surface area contributed by atoms with Gasteiger partial charge in [-0.25, -0.2) is 0 Å². The molecule has 110 valence electrons. The third kappa shape index (κ3) is 5.21. The van der Waals surface area contributed by atoms with Crippen molar-refractivity contribution >= 4 is 23.2 Å². The highest BCUT2D eigenvalue weighted by Crippen LogP contribution is 2.19. The molecule has 0 aromatic heterocycles. The van der Waals surface area contributed by atoms with Gasteiger partial charge in [0.1, 0.15) is 0 Å². The lowest BCUT2D eigenvalue weighted by atomic mass is 10.2. The number of benzene rings is 2. The van der Waals surface area contributed by atoms with E-state index in [1.165, 1.54) is 5.56 Å². The van der Waals surface area contributed by atoms with Crippen LogP contribution >= 0.6 is 11.6 Å². The highest BCUT2D eigenvalue weighted by molar-refractivity contribution is 6.30. The van der Waals surface area contributed by atoms with Crippen molar-refractivity contribution in [2.45, 2.75) is 19.9 Å². The van der Waals surface area contributed by atoms with Gasteiger partial charge in [0.25, 0.3) is 0 Å². The van der Waals surface area contributed by atoms with E-state index in [9.17, 15) is 4.79 Å². The summed E-state index contributed by atoms with van der Waals surface area (Å²) in [6, 6.07) is 15.6. The molecule has 2 N–H and O–H groups in total. The van der Waals surface area contributed by atoms with E-state index in [2.05, 4.69) is 22.8 Å². The van der Waals surface area contributed by atoms with Crippen LogP contribution in [0.15, 0.2) is 48.5 Å². The fourth-order valence-electron chi connectivity index (χ4n) is 2.01. The minimum atomic E-state index is 0.000911. The molecule has 21 heavy (non-hydrogen) atoms. The molecule has 0 radical (unpaired) electrons. The van der Waals surface area contributed by atoms with E-state index in [1.54, 1.807) is 6.07 Å². The summed E-state index contributed by atoms with van der Waals surface area (Å²) >= 11 is 5.89. The van der Waals surface area contributed by atoms with Crippen LogP contribution in [0.4, 0.5) is 5.69 Å². The Hall–Kier alpha value is -1.84. The van der Waals surface area contributed by atoms with Gasteiger partial charge in [-0.05, 0) is 36.2 Å². The number of anilines is 1. The number of carbonyl (C=O) groups is 1. The number of nitrogens with one attached hydrogen (secondary N) is 2. The van der Waals surface area contributed by atoms with Crippen LogP contribution in [0, 0.1) is 6.92 Å². The number of amides is 1. The van der Waals surface area contributed by atoms with E-state index in [1.807, 2.05) is 37.3 Å². The molecule has 3 nitrogen and oxygen atoms in total. The van der Waals surface area contributed by atoms with Crippen molar-refractivity contribution in [2.75, 3.05) is 11.9 Å². The van der Waals surface area contributed by atoms with Crippen LogP contribution < -0.4 is 10.6 Å². The maximum Gasteiger partial charge on any atom is 0.225 e. The molecule has 0 heterocycles. The molecular formula is C17H19ClN2O. The van der Waals surface area contributed by atoms with Gasteiger partial charge in [0.05, 0.1) is 0 Å². The summed E-state index contributed by atoms with van der Waals surface area (Å²) in [7, 11) is 0. The first kappa shape index (κ1) is 15.5. The van der Waals surface area contributed by atoms with Crippen LogP contribution in [0.1, 0.15) is 17.5 Å². The summed E-state index contributed by atoms with van der Waals surface area (Å²) in [5.41, 5.74) is 2.99. The molecule has 1 amide bonds. The van der Waals surface area contributed by atoms with Crippen molar-refractivity contribution in [3.05, 3.63) is 64.7 Å². The number of carbonyl (C=O) groups excluding carboxylic acids is 1. The molecule has 0 saturated carbocycles. The average Bonchev–Trinajstić information content (AvgIpc) is 2.48. The van der Waals surface area contributed by atoms with Gasteiger partial charge in [-0.2, -0.15) is 0 Å². The SMILES string of the molecule is Cc1cc(Cl)ccc1NC(=O)CCNCc1ccccc1. The molecule has 0 aliphatic rings. The Morgan fingerprint density at radius 3 is 2.62 bits per heavy atom. The molecule has 0 aliphatic heterocycles. The zero-order valence-corrected chi connectivity index (χ0v) is 12.8. The second-order valence-electron chi connectivity index (χ2n) is 4.92. The van der Waals surface area contributed by atoms with Gasteiger partial charge in [0.15, 0.2) is 0 Å². The lowest BCUT2D eigenvalue weighted by Gasteiger charge is -2.09. The van der Waals surface area contributed by atoms with Gasteiger partial charge in [0.2, 0.25) is 5.91 Å². The number of rotatable bonds is 6. The van der Waals surface area contributed by atoms with Gasteiger partial charge in [-0.15, -0.1) is 0 Å². The molecule has 0 atom stereocenters. The Bertz CT molecular complexity index is 599. The molecule has 0 unspecified atom stereocenters. The first-order valence-corrected chi connectivity index (χ1v) is 7.33. The zero-order chi connectivity index (χ0) is 15.1. The first-order chi connectivity index (χ1) is 10.1. The molecule has 2 aromatic rings. The third-order valence-electron chi connectivity index (χ3n) is 3.16. The monoisotopic (exact) mass is 302 g/mol. The quantitative estimate of drug-likeness (QED) is 0.798. The van der Waals surface area contributed by atoms with Crippen molar-refractivity contribution in [1.82, 2.24) is 5.32 Å². The number of hydrogen-bond donors (Lipinski definition) is 2. The minimum Gasteiger partial charge on any atom is -0.326 e. The molecule has 0 aliphatic carbocycles. The van der Waals surface area contributed by atoms with Crippen molar-refractivity contribution < 1.29 is 4.79 Å². The fourth-order valence-corrected chi connectivity index (χ4v) is 2.24. The molecule has 4 heteroatoms. The Labute approximate surface area is 130 Å². The molecule has 2 rings (SSSR count). The van der Waals surface area contributed by atoms with Crippen LogP contribution in [-0.4, -0.2) is 12.5 Å². The summed E-state index contributed by atoms with van der Waals surface area (Å²) < 4.78 is 0. The lowest BCUT2D eigenvalue weighted by Crippen LogP contribution is -2.21. The molecule has 2 aromatic carbocycles. The molecule has 0 bridgehead atoms. The van der Waals surface area contributed by atoms with Crippen molar-refractivity contribution in [3.63, 3.8) is 0 Å². The number of hydrogen-bond acceptors (Lipinski definition) is 2. The average molecular weight is 303 g/mol. The second-order valence-corrected chi connectivity index (χ2v) is 5.36. The van der Waals surface area contributed by atoms with E-state index >= 15 is 0 Å². The Morgan fingerprint density at radius 2 is 1.90 bits per heavy atom. The van der Waals surface area contributed by atoms with Crippen LogP contribution in [0.2, 0.25) is 5.02 Å². The molecule has 0 saturated heterocycles. The standard InChI is InChI=1S/C17H19ClN2O/c1-13-11-15(18)7-8-16(13)20-17(21)9-10-19-12-14-5-3-2-4-6-14/h2-8,11,19H,9-10,12H2,1H3,(H,20,21). The first-order valence-electron chi connectivity index (χ1n) is 6.96. The van der Waals surface area contributed by atoms with Crippen LogP contribution in [0.5, 0.6) is 0 Å². The molecule has 0 fully saturated rings. The Morgan fingerprint density at radius 1 is 1.14 bits per heavy atom. The van der Waals surface area contributed by atoms with E-state index in [-0.39, 0.29) is 5.91 Å². The van der Waals surface area contributed by atoms with Gasteiger partial charge in [-0.1, -0.05) is 41.9 Å². The number of aryl methyl sites for hydroxylation is 1. The van der Waals surface area contributed by atoms with Gasteiger partial charge >= 0.3 is 0 Å². The van der Waals surface area contributed by atoms with Crippen molar-refractivity contribution in [1.29, 1.82) is 0 Å². The maximum absolute atomic E-state index is 11.9. The van der Waals surface area contributed by atoms with Crippen molar-refractivity contribution in [2.24, 2.45) is 0 Å². The number of halogens is 1. The van der Waals surface area contributed by atoms with Crippen LogP contribution in [0.25, 0.3) is 0 Å². The maximum atomic E-state index is 11.9. The summed E-state index contributed by atoms with van der Waals surface area (Å²) in [6.07, 6.45) is 0.439. The normalized spacial score (nSPS) is 10.4. The highest BCUT2D eigenvalue weighted by Gasteiger charge is 2.04. The Balaban J connectivity index is 1.72. The van der Waals surface area contributed by atoms with E-state index < -0.39 is 0 Å². The minimum absolute atomic E-state index is 0.000911. The predicted octanol–water partition coefficient (Wildman–Crippen LogP) is 3.77.